The standard InChI is InChI=1S/C33H34FN5O2.C28H32N4O3.C7H8FN.3CH3.Al/c1-4-9-29-30-26(20-39(29)33(41)37-21(2)3)17-28(32(40)36-19-25-10-5-6-14-27(25)34)38-31(30)23-12-7-11-22(16-23)24-13-8-15-35-18-24;1-5-9-24-25-22(17-32(24)28(34)30-18(3)4)15-23(27(33)35-6-2)31-26(25)20-11-7-10-19(14-20)21-12-8-13-29-16-21;8-7-4-2-1-3-6(7)5-9;;;;/h5-8,10-18,21,29H,4,9,19-20H2,1-3H3,(H,36,40)(H,37,41);7-8,10-16,18,24H,5-6,9,17H2,1-4H3,(H,30,34);1-4H,5,9H2;3*1H3;/t29-;24-;;;;;/m11...../s1. The molecule has 464 valence electrons. The maximum Gasteiger partial charge on any atom is 0.356 e. The quantitative estimate of drug-likeness (QED) is 0.0533. The minimum Gasteiger partial charge on any atom is -0.461 e. The molecular formula is C71H83AlF2N10O5. The van der Waals surface area contributed by atoms with Crippen molar-refractivity contribution in [2.75, 3.05) is 6.61 Å². The van der Waals surface area contributed by atoms with E-state index in [2.05, 4.69) is 63.2 Å². The smallest absolute Gasteiger partial charge is 0.356 e. The van der Waals surface area contributed by atoms with E-state index in [1.165, 1.54) is 12.1 Å². The van der Waals surface area contributed by atoms with E-state index in [4.69, 9.17) is 20.4 Å². The van der Waals surface area contributed by atoms with Crippen LogP contribution in [0, 0.1) is 11.6 Å². The van der Waals surface area contributed by atoms with Crippen LogP contribution in [0.25, 0.3) is 44.8 Å². The molecule has 2 atom stereocenters. The molecule has 6 heterocycles. The molecular weight excluding hydrogens is 1140 g/mol. The highest BCUT2D eigenvalue weighted by molar-refractivity contribution is 6.54. The molecule has 0 unspecified atom stereocenters. The maximum absolute atomic E-state index is 14.2. The number of fused-ring (bicyclic) bond motifs is 2. The van der Waals surface area contributed by atoms with E-state index in [-0.39, 0.29) is 93.1 Å². The van der Waals surface area contributed by atoms with Gasteiger partial charge in [-0.05, 0) is 118 Å². The molecule has 2 aliphatic rings. The third-order valence-corrected chi connectivity index (χ3v) is 14.4. The number of halogens is 2. The fourth-order valence-corrected chi connectivity index (χ4v) is 10.6. The van der Waals surface area contributed by atoms with Crippen LogP contribution in [0.5, 0.6) is 0 Å². The monoisotopic (exact) mass is 1220 g/mol. The van der Waals surface area contributed by atoms with Crippen LogP contribution < -0.4 is 21.7 Å². The van der Waals surface area contributed by atoms with Gasteiger partial charge in [0.05, 0.1) is 30.1 Å². The van der Waals surface area contributed by atoms with Gasteiger partial charge in [0.15, 0.2) is 0 Å². The van der Waals surface area contributed by atoms with Crippen molar-refractivity contribution < 1.29 is 32.7 Å². The van der Waals surface area contributed by atoms with Gasteiger partial charge >= 0.3 is 18.0 Å². The van der Waals surface area contributed by atoms with Crippen LogP contribution in [-0.2, 0) is 30.9 Å². The Morgan fingerprint density at radius 2 is 1.01 bits per heavy atom. The summed E-state index contributed by atoms with van der Waals surface area (Å²) >= 11 is -0.139. The van der Waals surface area contributed by atoms with Crippen LogP contribution >= 0.6 is 0 Å². The van der Waals surface area contributed by atoms with Crippen LogP contribution in [0.2, 0.25) is 17.4 Å². The van der Waals surface area contributed by atoms with Crippen molar-refractivity contribution >= 4 is 38.1 Å². The maximum atomic E-state index is 14.2. The molecule has 0 aliphatic carbocycles. The largest absolute Gasteiger partial charge is 0.461 e. The van der Waals surface area contributed by atoms with E-state index >= 15 is 0 Å². The number of nitrogens with two attached hydrogens (primary N) is 1. The van der Waals surface area contributed by atoms with Crippen molar-refractivity contribution in [3.8, 4) is 44.8 Å². The van der Waals surface area contributed by atoms with E-state index in [0.717, 1.165) is 87.0 Å². The molecule has 89 heavy (non-hydrogen) atoms. The third kappa shape index (κ3) is 18.2. The number of urea groups is 2. The highest BCUT2D eigenvalue weighted by Gasteiger charge is 2.39. The number of benzene rings is 4. The van der Waals surface area contributed by atoms with Crippen molar-refractivity contribution in [2.24, 2.45) is 5.73 Å². The SMILES string of the molecule is CCC[C@@H]1c2c(cc(C(=O)NCc3ccccc3F)nc2-c2cccc(-c3cccnc3)c2)CN1C(=O)NC(C)C.CCC[C@@H]1c2c(cc(C(=O)OCC)nc2-c2cccc(-c3cccnc3)c2)CN1C(=O)NC(C)C.NCc1ccccc1F.[CH3][Al]([CH3])[CH3]. The van der Waals surface area contributed by atoms with Gasteiger partial charge < -0.3 is 36.2 Å². The fraction of sp³-hybridized carbons (Fsp3) is 0.324. The minimum atomic E-state index is -0.461. The number of nitrogens with one attached hydrogen (secondary N) is 3. The highest BCUT2D eigenvalue weighted by Crippen LogP contribution is 2.45. The van der Waals surface area contributed by atoms with Crippen molar-refractivity contribution in [1.82, 2.24) is 45.7 Å². The molecule has 5 amide bonds. The summed E-state index contributed by atoms with van der Waals surface area (Å²) in [5.41, 5.74) is 17.5. The Hall–Kier alpha value is -8.69. The molecule has 2 aliphatic heterocycles. The second kappa shape index (κ2) is 33.1. The Kier molecular flexibility index (Phi) is 25.2. The number of carbonyl (C=O) groups excluding carboxylic acids is 4. The molecule has 0 saturated heterocycles. The summed E-state index contributed by atoms with van der Waals surface area (Å²) in [5, 5.41) is 8.86. The first-order valence-electron chi connectivity index (χ1n) is 30.7. The summed E-state index contributed by atoms with van der Waals surface area (Å²) in [6.45, 7) is 15.1. The van der Waals surface area contributed by atoms with E-state index in [0.29, 0.717) is 29.9 Å². The summed E-state index contributed by atoms with van der Waals surface area (Å²) in [6.07, 6.45) is 10.4. The molecule has 0 saturated carbocycles. The van der Waals surface area contributed by atoms with Gasteiger partial charge in [0, 0.05) is 108 Å². The van der Waals surface area contributed by atoms with Crippen LogP contribution in [0.4, 0.5) is 18.4 Å². The number of aromatic nitrogens is 4. The van der Waals surface area contributed by atoms with E-state index in [1.807, 2.05) is 110 Å². The van der Waals surface area contributed by atoms with Gasteiger partial charge in [-0.3, -0.25) is 14.8 Å². The zero-order chi connectivity index (χ0) is 64.1. The lowest BCUT2D eigenvalue weighted by molar-refractivity contribution is 0.0519. The van der Waals surface area contributed by atoms with Crippen molar-refractivity contribution in [1.29, 1.82) is 0 Å². The molecule has 4 aromatic heterocycles. The lowest BCUT2D eigenvalue weighted by Gasteiger charge is -2.27. The van der Waals surface area contributed by atoms with Gasteiger partial charge in [0.2, 0.25) is 0 Å². The zero-order valence-electron chi connectivity index (χ0n) is 52.8. The first-order chi connectivity index (χ1) is 42.8. The van der Waals surface area contributed by atoms with E-state index in [1.54, 1.807) is 74.0 Å². The lowest BCUT2D eigenvalue weighted by atomic mass is 9.93. The minimum absolute atomic E-state index is 0.0121. The first-order valence-corrected chi connectivity index (χ1v) is 34.2. The number of esters is 1. The molecule has 4 aromatic carbocycles. The Morgan fingerprint density at radius 3 is 1.42 bits per heavy atom. The fourth-order valence-electron chi connectivity index (χ4n) is 10.6. The Bertz CT molecular complexity index is 3670. The summed E-state index contributed by atoms with van der Waals surface area (Å²) in [7, 11) is 0. The number of hydrogen-bond acceptors (Lipinski definition) is 10. The summed E-state index contributed by atoms with van der Waals surface area (Å²) in [6, 6.07) is 39.7. The Morgan fingerprint density at radius 1 is 0.584 bits per heavy atom. The van der Waals surface area contributed by atoms with Gasteiger partial charge in [-0.25, -0.2) is 33.1 Å². The van der Waals surface area contributed by atoms with Crippen LogP contribution in [0.15, 0.2) is 158 Å². The highest BCUT2D eigenvalue weighted by atomic mass is 27.2. The number of amides is 5. The Labute approximate surface area is 527 Å². The van der Waals surface area contributed by atoms with Gasteiger partial charge in [-0.1, -0.05) is 112 Å². The van der Waals surface area contributed by atoms with Gasteiger partial charge in [0.1, 0.15) is 23.0 Å². The second-order valence-corrected chi connectivity index (χ2v) is 26.6. The van der Waals surface area contributed by atoms with Crippen LogP contribution in [-0.4, -0.2) is 86.5 Å². The molecule has 15 nitrogen and oxygen atoms in total. The third-order valence-electron chi connectivity index (χ3n) is 14.4. The van der Waals surface area contributed by atoms with E-state index in [9.17, 15) is 28.0 Å². The van der Waals surface area contributed by atoms with Gasteiger partial charge in [0.25, 0.3) is 20.1 Å². The van der Waals surface area contributed by atoms with Gasteiger partial charge in [-0.2, -0.15) is 0 Å². The summed E-state index contributed by atoms with van der Waals surface area (Å²) in [4.78, 5) is 74.4. The summed E-state index contributed by atoms with van der Waals surface area (Å²) < 4.78 is 32.0. The van der Waals surface area contributed by atoms with Crippen LogP contribution in [0.1, 0.15) is 141 Å². The summed E-state index contributed by atoms with van der Waals surface area (Å²) in [5.74, 6) is 5.45. The molecule has 10 rings (SSSR count). The van der Waals surface area contributed by atoms with Crippen LogP contribution in [0.3, 0.4) is 0 Å². The topological polar surface area (TPSA) is 198 Å². The molecule has 18 heteroatoms. The first kappa shape index (κ1) is 67.8. The predicted octanol–water partition coefficient (Wildman–Crippen LogP) is 15.1. The number of pyridine rings is 4. The average Bonchev–Trinajstić information content (AvgIpc) is 1.69. The predicted molar refractivity (Wildman–Crippen MR) is 351 cm³/mol. The van der Waals surface area contributed by atoms with E-state index < -0.39 is 11.9 Å². The average molecular weight is 1220 g/mol. The van der Waals surface area contributed by atoms with Crippen molar-refractivity contribution in [3.05, 3.63) is 215 Å². The van der Waals surface area contributed by atoms with Crippen molar-refractivity contribution in [3.63, 3.8) is 0 Å². The molecule has 0 bridgehead atoms. The molecule has 0 radical (unpaired) electrons. The zero-order valence-corrected chi connectivity index (χ0v) is 54.0. The number of nitrogens with zero attached hydrogens (tertiary/aromatic N) is 6. The normalized spacial score (nSPS) is 13.6. The molecule has 5 N–H and O–H groups in total. The molecule has 0 spiro atoms. The Balaban J connectivity index is 0.000000212. The number of rotatable bonds is 16. The lowest BCUT2D eigenvalue weighted by Crippen LogP contribution is -2.42. The van der Waals surface area contributed by atoms with Gasteiger partial charge in [-0.15, -0.1) is 17.4 Å². The number of hydrogen-bond donors (Lipinski definition) is 4. The molecule has 8 aromatic rings. The second-order valence-electron chi connectivity index (χ2n) is 23.1. The number of carbonyl (C=O) groups is 4. The number of ether oxygens (including phenoxy) is 1. The van der Waals surface area contributed by atoms with Crippen molar-refractivity contribution in [2.45, 2.75) is 142 Å². The molecule has 0 fully saturated rings.